The van der Waals surface area contributed by atoms with Crippen molar-refractivity contribution in [3.63, 3.8) is 0 Å². The summed E-state index contributed by atoms with van der Waals surface area (Å²) in [5.41, 5.74) is 0.738. The Kier molecular flexibility index (Phi) is 7.97. The Morgan fingerprint density at radius 3 is 2.81 bits per heavy atom. The minimum Gasteiger partial charge on any atom is -0.386 e. The van der Waals surface area contributed by atoms with Crippen LogP contribution in [0.2, 0.25) is 5.02 Å². The molecule has 1 aliphatic carbocycles. The molecule has 3 rings (SSSR count). The predicted molar refractivity (Wildman–Crippen MR) is 114 cm³/mol. The molecule has 1 saturated heterocycles. The number of amides is 1. The van der Waals surface area contributed by atoms with Gasteiger partial charge in [-0.2, -0.15) is 0 Å². The molecule has 8 heteroatoms. The molecule has 0 spiro atoms. The van der Waals surface area contributed by atoms with Gasteiger partial charge < -0.3 is 20.2 Å². The summed E-state index contributed by atoms with van der Waals surface area (Å²) in [6, 6.07) is 7.62. The van der Waals surface area contributed by atoms with E-state index in [2.05, 4.69) is 10.3 Å². The Hall–Kier alpha value is -1.06. The third kappa shape index (κ3) is 5.47. The van der Waals surface area contributed by atoms with Gasteiger partial charge in [-0.3, -0.25) is 9.79 Å². The van der Waals surface area contributed by atoms with Crippen molar-refractivity contribution in [2.24, 2.45) is 4.99 Å². The van der Waals surface area contributed by atoms with Crippen LogP contribution < -0.4 is 5.32 Å². The molecule has 1 saturated carbocycles. The number of piperazine rings is 1. The number of aliphatic hydroxyl groups excluding tert-OH is 1. The number of benzene rings is 1. The summed E-state index contributed by atoms with van der Waals surface area (Å²) in [4.78, 5) is 20.8. The smallest absolute Gasteiger partial charge is 0.242 e. The van der Waals surface area contributed by atoms with Crippen molar-refractivity contribution in [2.45, 2.75) is 31.9 Å². The van der Waals surface area contributed by atoms with Crippen molar-refractivity contribution in [1.82, 2.24) is 15.1 Å². The van der Waals surface area contributed by atoms with Crippen molar-refractivity contribution in [3.05, 3.63) is 34.9 Å². The Balaban J connectivity index is 0.00000243. The Morgan fingerprint density at radius 1 is 1.42 bits per heavy atom. The summed E-state index contributed by atoms with van der Waals surface area (Å²) in [5.74, 6) is 0.835. The van der Waals surface area contributed by atoms with Crippen molar-refractivity contribution >= 4 is 47.4 Å². The van der Waals surface area contributed by atoms with E-state index in [0.717, 1.165) is 31.5 Å². The van der Waals surface area contributed by atoms with Gasteiger partial charge in [-0.25, -0.2) is 0 Å². The van der Waals surface area contributed by atoms with E-state index >= 15 is 0 Å². The lowest BCUT2D eigenvalue weighted by molar-refractivity contribution is -0.135. The van der Waals surface area contributed by atoms with Gasteiger partial charge >= 0.3 is 0 Å². The highest BCUT2D eigenvalue weighted by Gasteiger charge is 2.36. The van der Waals surface area contributed by atoms with Gasteiger partial charge in [-0.05, 0) is 37.5 Å². The van der Waals surface area contributed by atoms with E-state index < -0.39 is 6.10 Å². The van der Waals surface area contributed by atoms with Crippen LogP contribution in [0.3, 0.4) is 0 Å². The first-order chi connectivity index (χ1) is 12.1. The zero-order valence-corrected chi connectivity index (χ0v) is 18.0. The third-order valence-corrected chi connectivity index (χ3v) is 4.76. The largest absolute Gasteiger partial charge is 0.386 e. The van der Waals surface area contributed by atoms with E-state index in [1.165, 1.54) is 0 Å². The van der Waals surface area contributed by atoms with Crippen LogP contribution in [0.25, 0.3) is 0 Å². The predicted octanol–water partition coefficient (Wildman–Crippen LogP) is 2.26. The summed E-state index contributed by atoms with van der Waals surface area (Å²) in [6.07, 6.45) is 1.54. The van der Waals surface area contributed by atoms with Gasteiger partial charge in [0.1, 0.15) is 0 Å². The fourth-order valence-electron chi connectivity index (χ4n) is 3.06. The first-order valence-electron chi connectivity index (χ1n) is 8.84. The van der Waals surface area contributed by atoms with Gasteiger partial charge in [0.2, 0.25) is 5.91 Å². The van der Waals surface area contributed by atoms with Gasteiger partial charge in [0.05, 0.1) is 19.2 Å². The molecule has 1 unspecified atom stereocenters. The SMILES string of the molecule is CCNC(=NCC(O)c1cccc(Cl)c1)N1CCN(C2CC2)C(=O)C1.I. The maximum atomic E-state index is 12.3. The Bertz CT molecular complexity index is 654. The number of rotatable bonds is 5. The van der Waals surface area contributed by atoms with Crippen molar-refractivity contribution < 1.29 is 9.90 Å². The molecule has 144 valence electrons. The normalized spacial score (nSPS) is 19.2. The number of aliphatic imine (C=N–C) groups is 1. The lowest BCUT2D eigenvalue weighted by Crippen LogP contribution is -2.55. The molecule has 0 aromatic heterocycles. The van der Waals surface area contributed by atoms with E-state index in [4.69, 9.17) is 11.6 Å². The van der Waals surface area contributed by atoms with E-state index in [9.17, 15) is 9.90 Å². The van der Waals surface area contributed by atoms with Crippen molar-refractivity contribution in [3.8, 4) is 0 Å². The van der Waals surface area contributed by atoms with Crippen LogP contribution in [0, 0.1) is 0 Å². The van der Waals surface area contributed by atoms with E-state index in [-0.39, 0.29) is 36.4 Å². The monoisotopic (exact) mass is 492 g/mol. The van der Waals surface area contributed by atoms with Gasteiger partial charge in [0, 0.05) is 30.7 Å². The van der Waals surface area contributed by atoms with Crippen LogP contribution in [0.5, 0.6) is 0 Å². The second-order valence-corrected chi connectivity index (χ2v) is 6.94. The number of halogens is 2. The van der Waals surface area contributed by atoms with Crippen LogP contribution in [0.1, 0.15) is 31.4 Å². The fourth-order valence-corrected chi connectivity index (χ4v) is 3.26. The number of hydrogen-bond donors (Lipinski definition) is 2. The molecule has 2 aliphatic rings. The number of nitrogens with zero attached hydrogens (tertiary/aromatic N) is 3. The number of aliphatic hydroxyl groups is 1. The lowest BCUT2D eigenvalue weighted by atomic mass is 10.1. The third-order valence-electron chi connectivity index (χ3n) is 4.53. The summed E-state index contributed by atoms with van der Waals surface area (Å²) in [6.45, 7) is 4.77. The van der Waals surface area contributed by atoms with Gasteiger partial charge in [-0.15, -0.1) is 24.0 Å². The van der Waals surface area contributed by atoms with E-state index in [0.29, 0.717) is 30.1 Å². The van der Waals surface area contributed by atoms with Crippen LogP contribution in [-0.4, -0.2) is 65.5 Å². The standard InChI is InChI=1S/C18H25ClN4O2.HI/c1-2-20-18(21-11-16(24)13-4-3-5-14(19)10-13)22-8-9-23(15-6-7-15)17(25)12-22;/h3-5,10,15-16,24H,2,6-9,11-12H2,1H3,(H,20,21);1H. The number of carbonyl (C=O) groups is 1. The number of carbonyl (C=O) groups excluding carboxylic acids is 1. The summed E-state index contributed by atoms with van der Waals surface area (Å²) < 4.78 is 0. The minimum absolute atomic E-state index is 0. The quantitative estimate of drug-likeness (QED) is 0.376. The average Bonchev–Trinajstić information content (AvgIpc) is 3.43. The maximum absolute atomic E-state index is 12.3. The lowest BCUT2D eigenvalue weighted by Gasteiger charge is -2.36. The highest BCUT2D eigenvalue weighted by Crippen LogP contribution is 2.28. The molecule has 1 aromatic carbocycles. The second-order valence-electron chi connectivity index (χ2n) is 6.51. The summed E-state index contributed by atoms with van der Waals surface area (Å²) >= 11 is 5.97. The molecule has 0 bridgehead atoms. The van der Waals surface area contributed by atoms with Gasteiger partial charge in [0.15, 0.2) is 5.96 Å². The first kappa shape index (κ1) is 21.2. The second kappa shape index (κ2) is 9.75. The highest BCUT2D eigenvalue weighted by molar-refractivity contribution is 14.0. The summed E-state index contributed by atoms with van der Waals surface area (Å²) in [7, 11) is 0. The zero-order chi connectivity index (χ0) is 17.8. The Labute approximate surface area is 176 Å². The minimum atomic E-state index is -0.726. The molecule has 6 nitrogen and oxygen atoms in total. The van der Waals surface area contributed by atoms with E-state index in [1.807, 2.05) is 28.9 Å². The summed E-state index contributed by atoms with van der Waals surface area (Å²) in [5, 5.41) is 14.2. The molecule has 1 aliphatic heterocycles. The van der Waals surface area contributed by atoms with Crippen LogP contribution in [0.4, 0.5) is 0 Å². The molecule has 26 heavy (non-hydrogen) atoms. The first-order valence-corrected chi connectivity index (χ1v) is 9.22. The topological polar surface area (TPSA) is 68.2 Å². The van der Waals surface area contributed by atoms with E-state index in [1.54, 1.807) is 12.1 Å². The molecule has 1 heterocycles. The zero-order valence-electron chi connectivity index (χ0n) is 14.9. The van der Waals surface area contributed by atoms with Crippen molar-refractivity contribution in [1.29, 1.82) is 0 Å². The average molecular weight is 493 g/mol. The molecule has 1 aromatic rings. The molecule has 1 amide bonds. The highest BCUT2D eigenvalue weighted by atomic mass is 127. The Morgan fingerprint density at radius 2 is 2.19 bits per heavy atom. The fraction of sp³-hybridized carbons (Fsp3) is 0.556. The molecular weight excluding hydrogens is 467 g/mol. The molecule has 2 N–H and O–H groups in total. The number of hydrogen-bond acceptors (Lipinski definition) is 3. The van der Waals surface area contributed by atoms with Crippen LogP contribution >= 0.6 is 35.6 Å². The van der Waals surface area contributed by atoms with Crippen LogP contribution in [0.15, 0.2) is 29.3 Å². The maximum Gasteiger partial charge on any atom is 0.242 e. The van der Waals surface area contributed by atoms with Crippen molar-refractivity contribution in [2.75, 3.05) is 32.7 Å². The van der Waals surface area contributed by atoms with Crippen LogP contribution in [-0.2, 0) is 4.79 Å². The van der Waals surface area contributed by atoms with Gasteiger partial charge in [-0.1, -0.05) is 23.7 Å². The molecule has 1 atom stereocenters. The molecular formula is C18H26ClIN4O2. The van der Waals surface area contributed by atoms with Gasteiger partial charge in [0.25, 0.3) is 0 Å². The number of nitrogens with one attached hydrogen (secondary N) is 1. The molecule has 2 fully saturated rings. The molecule has 0 radical (unpaired) electrons. The number of guanidine groups is 1.